The molecule has 1 fully saturated rings. The molecule has 0 unspecified atom stereocenters. The Morgan fingerprint density at radius 1 is 0.724 bits per heavy atom. The van der Waals surface area contributed by atoms with Gasteiger partial charge in [-0.05, 0) is 16.7 Å². The lowest BCUT2D eigenvalue weighted by Gasteiger charge is -2.26. The number of benzene rings is 3. The van der Waals surface area contributed by atoms with Gasteiger partial charge in [0.2, 0.25) is 0 Å². The van der Waals surface area contributed by atoms with E-state index in [9.17, 15) is 5.11 Å². The Bertz CT molecular complexity index is 890. The number of likely N-dealkylation sites (N-methyl/N-ethyl adjacent to an activating group) is 2. The number of aliphatic hydroxyl groups is 1. The van der Waals surface area contributed by atoms with Crippen LogP contribution < -0.4 is 0 Å². The SMILES string of the molecule is CN1C(=N[C@H](CO)c2ccccc2)N(C)[C@@H](c2ccccc2)[C@@H]1c1ccccc1. The van der Waals surface area contributed by atoms with E-state index in [-0.39, 0.29) is 24.7 Å². The third-order valence-electron chi connectivity index (χ3n) is 5.68. The highest BCUT2D eigenvalue weighted by Crippen LogP contribution is 2.43. The fourth-order valence-corrected chi connectivity index (χ4v) is 4.25. The molecule has 148 valence electrons. The van der Waals surface area contributed by atoms with E-state index in [0.29, 0.717) is 0 Å². The molecule has 1 N–H and O–H groups in total. The number of hydrogen-bond donors (Lipinski definition) is 1. The monoisotopic (exact) mass is 385 g/mol. The molecular weight excluding hydrogens is 358 g/mol. The fourth-order valence-electron chi connectivity index (χ4n) is 4.25. The first kappa shape index (κ1) is 19.2. The summed E-state index contributed by atoms with van der Waals surface area (Å²) in [6, 6.07) is 31.1. The third kappa shape index (κ3) is 3.76. The van der Waals surface area contributed by atoms with Gasteiger partial charge < -0.3 is 14.9 Å². The minimum absolute atomic E-state index is 0.0266. The van der Waals surface area contributed by atoms with Crippen LogP contribution in [0.5, 0.6) is 0 Å². The molecule has 4 nitrogen and oxygen atoms in total. The Balaban J connectivity index is 1.78. The van der Waals surface area contributed by atoms with Crippen molar-refractivity contribution < 1.29 is 5.11 Å². The second kappa shape index (κ2) is 8.50. The quantitative estimate of drug-likeness (QED) is 0.706. The molecule has 0 spiro atoms. The molecular formula is C25H27N3O. The highest BCUT2D eigenvalue weighted by atomic mass is 16.3. The number of nitrogens with zero attached hydrogens (tertiary/aromatic N) is 3. The molecule has 3 atom stereocenters. The molecule has 3 aromatic rings. The van der Waals surface area contributed by atoms with Crippen LogP contribution in [0.15, 0.2) is 96.0 Å². The van der Waals surface area contributed by atoms with Gasteiger partial charge in [0.05, 0.1) is 18.7 Å². The van der Waals surface area contributed by atoms with Gasteiger partial charge >= 0.3 is 0 Å². The van der Waals surface area contributed by atoms with Crippen molar-refractivity contribution in [1.82, 2.24) is 9.80 Å². The summed E-state index contributed by atoms with van der Waals surface area (Å²) in [5.74, 6) is 0.885. The van der Waals surface area contributed by atoms with Gasteiger partial charge in [-0.15, -0.1) is 0 Å². The van der Waals surface area contributed by atoms with Crippen LogP contribution in [0.4, 0.5) is 0 Å². The van der Waals surface area contributed by atoms with Gasteiger partial charge in [0.25, 0.3) is 0 Å². The Hall–Kier alpha value is -3.11. The molecule has 0 radical (unpaired) electrons. The summed E-state index contributed by atoms with van der Waals surface area (Å²) in [6.45, 7) is -0.0266. The van der Waals surface area contributed by atoms with Crippen LogP contribution in [0.25, 0.3) is 0 Å². The van der Waals surface area contributed by atoms with Crippen molar-refractivity contribution >= 4 is 5.96 Å². The molecule has 0 saturated carbocycles. The molecule has 0 bridgehead atoms. The molecule has 1 aliphatic rings. The fraction of sp³-hybridized carbons (Fsp3) is 0.240. The van der Waals surface area contributed by atoms with E-state index in [2.05, 4.69) is 72.4 Å². The first-order chi connectivity index (χ1) is 14.2. The van der Waals surface area contributed by atoms with Crippen molar-refractivity contribution in [2.75, 3.05) is 20.7 Å². The summed E-state index contributed by atoms with van der Waals surface area (Å²) in [5.41, 5.74) is 3.52. The zero-order valence-corrected chi connectivity index (χ0v) is 16.9. The van der Waals surface area contributed by atoms with Crippen LogP contribution in [-0.4, -0.2) is 41.6 Å². The van der Waals surface area contributed by atoms with Crippen LogP contribution in [0.3, 0.4) is 0 Å². The second-order valence-electron chi connectivity index (χ2n) is 7.47. The summed E-state index contributed by atoms with van der Waals surface area (Å²) in [6.07, 6.45) is 0. The van der Waals surface area contributed by atoms with E-state index >= 15 is 0 Å². The maximum Gasteiger partial charge on any atom is 0.197 e. The number of hydrogen-bond acceptors (Lipinski definition) is 2. The standard InChI is InChI=1S/C25H27N3O/c1-27-23(20-14-8-4-9-15-20)24(21-16-10-5-11-17-21)28(2)25(27)26-22(18-29)19-12-6-3-7-13-19/h3-17,22-24,29H,18H2,1-2H3/t22-,23+,24+/m1/s1. The summed E-state index contributed by atoms with van der Waals surface area (Å²) in [7, 11) is 4.19. The molecule has 1 heterocycles. The maximum atomic E-state index is 10.0. The van der Waals surface area contributed by atoms with Gasteiger partial charge in [-0.3, -0.25) is 0 Å². The zero-order valence-electron chi connectivity index (χ0n) is 16.9. The number of aliphatic hydroxyl groups excluding tert-OH is 1. The number of guanidine groups is 1. The molecule has 4 rings (SSSR count). The molecule has 29 heavy (non-hydrogen) atoms. The van der Waals surface area contributed by atoms with E-state index < -0.39 is 0 Å². The molecule has 0 amide bonds. The van der Waals surface area contributed by atoms with Crippen LogP contribution in [0, 0.1) is 0 Å². The van der Waals surface area contributed by atoms with Crippen LogP contribution in [0.1, 0.15) is 34.8 Å². The topological polar surface area (TPSA) is 39.1 Å². The summed E-state index contributed by atoms with van der Waals surface area (Å²) in [5, 5.41) is 10.0. The Labute approximate surface area is 172 Å². The third-order valence-corrected chi connectivity index (χ3v) is 5.68. The van der Waals surface area contributed by atoms with Crippen LogP contribution in [-0.2, 0) is 0 Å². The largest absolute Gasteiger partial charge is 0.394 e. The molecule has 4 heteroatoms. The van der Waals surface area contributed by atoms with Crippen molar-refractivity contribution in [3.63, 3.8) is 0 Å². The lowest BCUT2D eigenvalue weighted by atomic mass is 9.93. The Morgan fingerprint density at radius 2 is 1.14 bits per heavy atom. The normalized spacial score (nSPS) is 20.0. The van der Waals surface area contributed by atoms with Gasteiger partial charge in [-0.2, -0.15) is 0 Å². The van der Waals surface area contributed by atoms with Crippen molar-refractivity contribution in [3.8, 4) is 0 Å². The van der Waals surface area contributed by atoms with Gasteiger partial charge in [0, 0.05) is 14.1 Å². The van der Waals surface area contributed by atoms with E-state index in [1.54, 1.807) is 0 Å². The summed E-state index contributed by atoms with van der Waals surface area (Å²) in [4.78, 5) is 9.47. The van der Waals surface area contributed by atoms with Crippen LogP contribution >= 0.6 is 0 Å². The van der Waals surface area contributed by atoms with Crippen molar-refractivity contribution in [2.45, 2.75) is 18.1 Å². The summed E-state index contributed by atoms with van der Waals surface area (Å²) >= 11 is 0. The number of rotatable bonds is 5. The Kier molecular flexibility index (Phi) is 5.63. The number of aliphatic imine (C=N–C) groups is 1. The first-order valence-corrected chi connectivity index (χ1v) is 10.00. The lowest BCUT2D eigenvalue weighted by molar-refractivity contribution is 0.267. The van der Waals surface area contributed by atoms with Crippen LogP contribution in [0.2, 0.25) is 0 Å². The predicted octanol–water partition coefficient (Wildman–Crippen LogP) is 4.44. The smallest absolute Gasteiger partial charge is 0.197 e. The predicted molar refractivity (Wildman–Crippen MR) is 118 cm³/mol. The Morgan fingerprint density at radius 3 is 1.55 bits per heavy atom. The van der Waals surface area contributed by atoms with Gasteiger partial charge in [-0.25, -0.2) is 4.99 Å². The van der Waals surface area contributed by atoms with E-state index in [4.69, 9.17) is 4.99 Å². The molecule has 3 aromatic carbocycles. The van der Waals surface area contributed by atoms with Gasteiger partial charge in [0.15, 0.2) is 5.96 Å². The average Bonchev–Trinajstić information content (AvgIpc) is 3.03. The second-order valence-corrected chi connectivity index (χ2v) is 7.47. The van der Waals surface area contributed by atoms with Gasteiger partial charge in [0.1, 0.15) is 6.04 Å². The average molecular weight is 386 g/mol. The highest BCUT2D eigenvalue weighted by Gasteiger charge is 2.42. The molecule has 1 aliphatic heterocycles. The minimum Gasteiger partial charge on any atom is -0.394 e. The van der Waals surface area contributed by atoms with E-state index in [1.165, 1.54) is 11.1 Å². The maximum absolute atomic E-state index is 10.0. The van der Waals surface area contributed by atoms with E-state index in [1.807, 2.05) is 42.5 Å². The molecule has 1 saturated heterocycles. The van der Waals surface area contributed by atoms with Crippen molar-refractivity contribution in [1.29, 1.82) is 0 Å². The highest BCUT2D eigenvalue weighted by molar-refractivity contribution is 5.83. The lowest BCUT2D eigenvalue weighted by Crippen LogP contribution is -2.30. The molecule has 0 aliphatic carbocycles. The molecule has 0 aromatic heterocycles. The van der Waals surface area contributed by atoms with E-state index in [0.717, 1.165) is 11.5 Å². The zero-order chi connectivity index (χ0) is 20.2. The minimum atomic E-state index is -0.290. The van der Waals surface area contributed by atoms with Crippen molar-refractivity contribution in [3.05, 3.63) is 108 Å². The summed E-state index contributed by atoms with van der Waals surface area (Å²) < 4.78 is 0. The van der Waals surface area contributed by atoms with Crippen molar-refractivity contribution in [2.24, 2.45) is 4.99 Å². The first-order valence-electron chi connectivity index (χ1n) is 10.00. The van der Waals surface area contributed by atoms with Gasteiger partial charge in [-0.1, -0.05) is 91.0 Å².